The van der Waals surface area contributed by atoms with Gasteiger partial charge in [0.2, 0.25) is 0 Å². The van der Waals surface area contributed by atoms with Crippen LogP contribution in [0.4, 0.5) is 4.79 Å². The van der Waals surface area contributed by atoms with Crippen LogP contribution in [0, 0.1) is 0 Å². The number of alkyl carbamates (subject to hydrolysis) is 1. The maximum absolute atomic E-state index is 11.7. The van der Waals surface area contributed by atoms with Gasteiger partial charge in [0.05, 0.1) is 7.11 Å². The van der Waals surface area contributed by atoms with Crippen molar-refractivity contribution >= 4 is 11.9 Å². The molecule has 1 atom stereocenters. The molecule has 0 aromatic carbocycles. The smallest absolute Gasteiger partial charge is 0.410 e. The normalized spacial score (nSPS) is 12.1. The second kappa shape index (κ2) is 8.02. The van der Waals surface area contributed by atoms with Crippen LogP contribution in [0.25, 0.3) is 0 Å². The molecule has 0 fully saturated rings. The van der Waals surface area contributed by atoms with Crippen LogP contribution in [0.5, 0.6) is 5.75 Å². The van der Waals surface area contributed by atoms with E-state index in [1.54, 1.807) is 6.08 Å². The van der Waals surface area contributed by atoms with Crippen LogP contribution in [0.2, 0.25) is 0 Å². The third kappa shape index (κ3) is 4.76. The van der Waals surface area contributed by atoms with Crippen molar-refractivity contribution in [3.8, 4) is 5.75 Å². The summed E-state index contributed by atoms with van der Waals surface area (Å²) in [4.78, 5) is 33.7. The van der Waals surface area contributed by atoms with Gasteiger partial charge in [-0.15, -0.1) is 0 Å². The highest BCUT2D eigenvalue weighted by Gasteiger charge is 2.17. The molecule has 1 unspecified atom stereocenters. The predicted octanol–water partition coefficient (Wildman–Crippen LogP) is 2.30. The Bertz CT molecular complexity index is 631. The van der Waals surface area contributed by atoms with Crippen LogP contribution in [0.1, 0.15) is 48.7 Å². The van der Waals surface area contributed by atoms with Gasteiger partial charge in [-0.2, -0.15) is 0 Å². The minimum absolute atomic E-state index is 0.137. The van der Waals surface area contributed by atoms with Crippen LogP contribution < -0.4 is 10.9 Å². The summed E-state index contributed by atoms with van der Waals surface area (Å²) >= 11 is 0. The number of rotatable bonds is 6. The number of amides is 1. The summed E-state index contributed by atoms with van der Waals surface area (Å²) in [6, 6.07) is 1.29. The molecule has 0 aliphatic rings. The van der Waals surface area contributed by atoms with Crippen LogP contribution in [0.15, 0.2) is 27.6 Å². The van der Waals surface area contributed by atoms with E-state index in [0.29, 0.717) is 18.6 Å². The van der Waals surface area contributed by atoms with Crippen molar-refractivity contribution in [2.24, 2.45) is 0 Å². The molecule has 0 spiro atoms. The van der Waals surface area contributed by atoms with Crippen molar-refractivity contribution in [3.05, 3.63) is 40.1 Å². The lowest BCUT2D eigenvalue weighted by molar-refractivity contribution is 0.101. The van der Waals surface area contributed by atoms with Crippen LogP contribution in [0.3, 0.4) is 0 Å². The van der Waals surface area contributed by atoms with Crippen molar-refractivity contribution in [1.82, 2.24) is 5.32 Å². The molecule has 0 saturated heterocycles. The molecular formula is C15H19NO6. The lowest BCUT2D eigenvalue weighted by atomic mass is 10.0. The maximum Gasteiger partial charge on any atom is 0.410 e. The predicted molar refractivity (Wildman–Crippen MR) is 79.0 cm³/mol. The number of carbonyl (C=O) groups excluding carboxylic acids is 2. The summed E-state index contributed by atoms with van der Waals surface area (Å²) in [6.07, 6.45) is 3.88. The zero-order chi connectivity index (χ0) is 16.7. The number of methoxy groups -OCH3 is 1. The molecule has 22 heavy (non-hydrogen) atoms. The first-order valence-corrected chi connectivity index (χ1v) is 6.74. The number of carbonyl (C=O) groups is 2. The molecule has 7 nitrogen and oxygen atoms in total. The van der Waals surface area contributed by atoms with E-state index in [1.165, 1.54) is 26.3 Å². The van der Waals surface area contributed by atoms with Gasteiger partial charge in [-0.3, -0.25) is 10.1 Å². The molecule has 0 aliphatic heterocycles. The van der Waals surface area contributed by atoms with Gasteiger partial charge in [0.1, 0.15) is 17.1 Å². The summed E-state index contributed by atoms with van der Waals surface area (Å²) in [5, 5.41) is 12.1. The Morgan fingerprint density at radius 3 is 2.73 bits per heavy atom. The summed E-state index contributed by atoms with van der Waals surface area (Å²) in [5.41, 5.74) is -1.17. The van der Waals surface area contributed by atoms with Gasteiger partial charge in [-0.25, -0.2) is 9.59 Å². The molecule has 1 amide bonds. The molecule has 1 rings (SSSR count). The fourth-order valence-corrected chi connectivity index (χ4v) is 1.82. The largest absolute Gasteiger partial charge is 0.507 e. The third-order valence-corrected chi connectivity index (χ3v) is 3.06. The molecule has 0 radical (unpaired) electrons. The molecule has 120 valence electrons. The lowest BCUT2D eigenvalue weighted by Gasteiger charge is -2.10. The van der Waals surface area contributed by atoms with Gasteiger partial charge in [-0.05, 0) is 19.8 Å². The summed E-state index contributed by atoms with van der Waals surface area (Å²) in [5.74, 6) is -0.736. The highest BCUT2D eigenvalue weighted by molar-refractivity contribution is 5.96. The Labute approximate surface area is 127 Å². The van der Waals surface area contributed by atoms with Crippen LogP contribution in [-0.2, 0) is 4.74 Å². The van der Waals surface area contributed by atoms with Crippen molar-refractivity contribution in [3.63, 3.8) is 0 Å². The number of ether oxygens (including phenoxy) is 1. The molecular weight excluding hydrogens is 290 g/mol. The van der Waals surface area contributed by atoms with E-state index in [2.05, 4.69) is 10.1 Å². The summed E-state index contributed by atoms with van der Waals surface area (Å²) in [6.45, 7) is 3.01. The molecule has 1 aromatic rings. The van der Waals surface area contributed by atoms with Crippen molar-refractivity contribution in [1.29, 1.82) is 0 Å². The van der Waals surface area contributed by atoms with E-state index < -0.39 is 17.5 Å². The van der Waals surface area contributed by atoms with E-state index in [0.717, 1.165) is 0 Å². The number of Topliss-reactive ketones (excluding diaryl/α,β-unsaturated/α-hetero) is 1. The van der Waals surface area contributed by atoms with Crippen molar-refractivity contribution in [2.75, 3.05) is 7.11 Å². The monoisotopic (exact) mass is 309 g/mol. The number of hydrogen-bond acceptors (Lipinski definition) is 6. The third-order valence-electron chi connectivity index (χ3n) is 3.06. The van der Waals surface area contributed by atoms with Crippen LogP contribution in [-0.4, -0.2) is 24.1 Å². The van der Waals surface area contributed by atoms with Gasteiger partial charge in [0, 0.05) is 18.2 Å². The second-order valence-electron chi connectivity index (χ2n) is 4.77. The number of hydrogen-bond donors (Lipinski definition) is 2. The lowest BCUT2D eigenvalue weighted by Crippen LogP contribution is -2.16. The second-order valence-corrected chi connectivity index (χ2v) is 4.77. The molecule has 0 aliphatic carbocycles. The van der Waals surface area contributed by atoms with E-state index in [9.17, 15) is 19.5 Å². The highest BCUT2D eigenvalue weighted by Crippen LogP contribution is 2.24. The fraction of sp³-hybridized carbons (Fsp3) is 0.400. The molecule has 0 bridgehead atoms. The summed E-state index contributed by atoms with van der Waals surface area (Å²) in [7, 11) is 1.27. The van der Waals surface area contributed by atoms with Gasteiger partial charge >= 0.3 is 11.7 Å². The minimum Gasteiger partial charge on any atom is -0.507 e. The Balaban J connectivity index is 2.67. The van der Waals surface area contributed by atoms with Crippen molar-refractivity contribution in [2.45, 2.75) is 32.6 Å². The van der Waals surface area contributed by atoms with Gasteiger partial charge in [-0.1, -0.05) is 13.0 Å². The fourth-order valence-electron chi connectivity index (χ4n) is 1.82. The van der Waals surface area contributed by atoms with E-state index in [4.69, 9.17) is 4.42 Å². The number of ketones is 1. The molecule has 0 saturated carbocycles. The Hall–Kier alpha value is -2.57. The van der Waals surface area contributed by atoms with E-state index in [-0.39, 0.29) is 17.2 Å². The topological polar surface area (TPSA) is 106 Å². The van der Waals surface area contributed by atoms with Gasteiger partial charge in [0.15, 0.2) is 5.78 Å². The zero-order valence-electron chi connectivity index (χ0n) is 12.7. The first-order valence-electron chi connectivity index (χ1n) is 6.74. The Morgan fingerprint density at radius 2 is 2.18 bits per heavy atom. The average Bonchev–Trinajstić information content (AvgIpc) is 2.45. The minimum atomic E-state index is -0.836. The maximum atomic E-state index is 11.7. The molecule has 7 heteroatoms. The number of aromatic hydroxyl groups is 1. The quantitative estimate of drug-likeness (QED) is 0.781. The first kappa shape index (κ1) is 17.5. The van der Waals surface area contributed by atoms with Crippen LogP contribution >= 0.6 is 0 Å². The van der Waals surface area contributed by atoms with Gasteiger partial charge < -0.3 is 14.3 Å². The molecule has 1 heterocycles. The first-order chi connectivity index (χ1) is 10.4. The van der Waals surface area contributed by atoms with Gasteiger partial charge in [0.25, 0.3) is 0 Å². The SMILES string of the molecule is COC(=O)N/C=C/CCC(C)c1cc(O)c(C(C)=O)c(=O)o1. The standard InChI is InChI=1S/C15H19NO6/c1-9(6-4-5-7-16-15(20)21-3)12-8-11(18)13(10(2)17)14(19)22-12/h5,7-9,18H,4,6H2,1-3H3,(H,16,20)/b7-5+. The molecule has 2 N–H and O–H groups in total. The number of allylic oxidation sites excluding steroid dienone is 1. The van der Waals surface area contributed by atoms with Crippen molar-refractivity contribution < 1.29 is 23.8 Å². The Morgan fingerprint density at radius 1 is 1.50 bits per heavy atom. The van der Waals surface area contributed by atoms with E-state index >= 15 is 0 Å². The van der Waals surface area contributed by atoms with E-state index in [1.807, 2.05) is 6.92 Å². The zero-order valence-corrected chi connectivity index (χ0v) is 12.7. The summed E-state index contributed by atoms with van der Waals surface area (Å²) < 4.78 is 9.47. The Kier molecular flexibility index (Phi) is 6.37. The highest BCUT2D eigenvalue weighted by atomic mass is 16.5. The molecule has 1 aromatic heterocycles. The number of nitrogens with one attached hydrogen (secondary N) is 1. The average molecular weight is 309 g/mol.